The summed E-state index contributed by atoms with van der Waals surface area (Å²) in [7, 11) is 1.32. The highest BCUT2D eigenvalue weighted by Crippen LogP contribution is 2.39. The molecule has 1 saturated carbocycles. The van der Waals surface area contributed by atoms with Crippen LogP contribution in [0.2, 0.25) is 0 Å². The van der Waals surface area contributed by atoms with E-state index in [0.717, 1.165) is 12.8 Å². The quantitative estimate of drug-likeness (QED) is 0.627. The third-order valence-corrected chi connectivity index (χ3v) is 4.18. The van der Waals surface area contributed by atoms with E-state index < -0.39 is 6.16 Å². The van der Waals surface area contributed by atoms with Crippen LogP contribution in [0.5, 0.6) is 11.5 Å². The topological polar surface area (TPSA) is 115 Å². The van der Waals surface area contributed by atoms with Crippen molar-refractivity contribution < 1.29 is 19.4 Å². The van der Waals surface area contributed by atoms with Gasteiger partial charge in [0.25, 0.3) is 0 Å². The van der Waals surface area contributed by atoms with Gasteiger partial charge >= 0.3 is 6.16 Å². The van der Waals surface area contributed by atoms with Gasteiger partial charge in [0.1, 0.15) is 17.7 Å². The summed E-state index contributed by atoms with van der Waals surface area (Å²) in [4.78, 5) is 10.9. The minimum Gasteiger partial charge on any atom is -0.493 e. The van der Waals surface area contributed by atoms with Crippen molar-refractivity contribution in [2.24, 2.45) is 5.92 Å². The van der Waals surface area contributed by atoms with Crippen LogP contribution in [0.3, 0.4) is 0 Å². The number of benzene rings is 1. The van der Waals surface area contributed by atoms with Gasteiger partial charge in [0.2, 0.25) is 0 Å². The van der Waals surface area contributed by atoms with Gasteiger partial charge in [0.05, 0.1) is 18.4 Å². The van der Waals surface area contributed by atoms with Crippen LogP contribution in [0.15, 0.2) is 6.07 Å². The number of hydrogen-bond donors (Lipinski definition) is 2. The van der Waals surface area contributed by atoms with Gasteiger partial charge in [-0.1, -0.05) is 19.3 Å². The second-order valence-electron chi connectivity index (χ2n) is 5.68. The molecule has 0 bridgehead atoms. The fraction of sp³-hybridized carbons (Fsp3) is 0.471. The Morgan fingerprint density at radius 3 is 2.58 bits per heavy atom. The normalized spacial score (nSPS) is 14.3. The van der Waals surface area contributed by atoms with Gasteiger partial charge in [-0.2, -0.15) is 10.5 Å². The number of nitrogens with zero attached hydrogens (tertiary/aromatic N) is 2. The average Bonchev–Trinajstić information content (AvgIpc) is 2.60. The SMILES string of the molecule is COc1cc(C#N)c(NCC2CCCCC2)c(C#N)c1OC(=O)O. The summed E-state index contributed by atoms with van der Waals surface area (Å²) in [5.41, 5.74) is 0.476. The number of methoxy groups -OCH3 is 1. The number of nitriles is 2. The van der Waals surface area contributed by atoms with Crippen molar-refractivity contribution in [3.63, 3.8) is 0 Å². The van der Waals surface area contributed by atoms with Gasteiger partial charge in [-0.3, -0.25) is 0 Å². The zero-order valence-electron chi connectivity index (χ0n) is 13.5. The number of hydrogen-bond acceptors (Lipinski definition) is 6. The maximum absolute atomic E-state index is 10.9. The van der Waals surface area contributed by atoms with Gasteiger partial charge in [-0.05, 0) is 18.8 Å². The van der Waals surface area contributed by atoms with Crippen molar-refractivity contribution in [3.05, 3.63) is 17.2 Å². The Hall–Kier alpha value is -2.93. The highest BCUT2D eigenvalue weighted by Gasteiger charge is 2.23. The first-order valence-corrected chi connectivity index (χ1v) is 7.80. The standard InChI is InChI=1S/C17H19N3O4/c1-23-14-7-12(8-18)15(13(9-19)16(14)24-17(21)22)20-10-11-5-3-2-4-6-11/h7,11,20H,2-6,10H2,1H3,(H,21,22). The van der Waals surface area contributed by atoms with Gasteiger partial charge in [0.15, 0.2) is 11.5 Å². The molecule has 0 spiro atoms. The molecule has 126 valence electrons. The molecule has 24 heavy (non-hydrogen) atoms. The minimum atomic E-state index is -1.55. The second-order valence-corrected chi connectivity index (χ2v) is 5.68. The maximum atomic E-state index is 10.9. The first kappa shape index (κ1) is 17.4. The molecule has 0 atom stereocenters. The fourth-order valence-electron chi connectivity index (χ4n) is 3.00. The number of anilines is 1. The predicted molar refractivity (Wildman–Crippen MR) is 86.1 cm³/mol. The summed E-state index contributed by atoms with van der Waals surface area (Å²) in [5, 5.41) is 30.8. The van der Waals surface area contributed by atoms with E-state index in [2.05, 4.69) is 5.32 Å². The Kier molecular flexibility index (Phi) is 5.86. The van der Waals surface area contributed by atoms with Crippen molar-refractivity contribution in [2.75, 3.05) is 19.0 Å². The van der Waals surface area contributed by atoms with E-state index in [-0.39, 0.29) is 22.6 Å². The predicted octanol–water partition coefficient (Wildman–Crippen LogP) is 3.49. The molecule has 0 amide bonds. The van der Waals surface area contributed by atoms with Crippen LogP contribution in [0.25, 0.3) is 0 Å². The molecule has 1 fully saturated rings. The van der Waals surface area contributed by atoms with Crippen LogP contribution < -0.4 is 14.8 Å². The van der Waals surface area contributed by atoms with Crippen LogP contribution in [0.1, 0.15) is 43.2 Å². The molecule has 1 aromatic carbocycles. The Labute approximate surface area is 140 Å². The molecule has 1 aliphatic carbocycles. The molecule has 2 N–H and O–H groups in total. The largest absolute Gasteiger partial charge is 0.511 e. The van der Waals surface area contributed by atoms with Crippen LogP contribution in [-0.2, 0) is 0 Å². The Morgan fingerprint density at radius 2 is 2.04 bits per heavy atom. The Morgan fingerprint density at radius 1 is 1.33 bits per heavy atom. The molecular formula is C17H19N3O4. The molecule has 0 radical (unpaired) electrons. The van der Waals surface area contributed by atoms with Gasteiger partial charge in [-0.25, -0.2) is 4.79 Å². The van der Waals surface area contributed by atoms with Crippen LogP contribution in [-0.4, -0.2) is 24.9 Å². The van der Waals surface area contributed by atoms with E-state index in [9.17, 15) is 15.3 Å². The lowest BCUT2D eigenvalue weighted by Crippen LogP contribution is -2.18. The highest BCUT2D eigenvalue weighted by molar-refractivity contribution is 5.77. The monoisotopic (exact) mass is 329 g/mol. The van der Waals surface area contributed by atoms with E-state index in [0.29, 0.717) is 18.2 Å². The van der Waals surface area contributed by atoms with Crippen LogP contribution >= 0.6 is 0 Å². The molecule has 0 aromatic heterocycles. The summed E-state index contributed by atoms with van der Waals surface area (Å²) >= 11 is 0. The zero-order valence-corrected chi connectivity index (χ0v) is 13.5. The van der Waals surface area contributed by atoms with E-state index in [1.807, 2.05) is 12.1 Å². The number of nitrogens with one attached hydrogen (secondary N) is 1. The number of carboxylic acid groups (broad SMARTS) is 1. The van der Waals surface area contributed by atoms with Crippen molar-refractivity contribution in [1.82, 2.24) is 0 Å². The molecule has 0 saturated heterocycles. The average molecular weight is 329 g/mol. The summed E-state index contributed by atoms with van der Waals surface area (Å²) < 4.78 is 9.77. The molecule has 7 heteroatoms. The number of ether oxygens (including phenoxy) is 2. The highest BCUT2D eigenvalue weighted by atomic mass is 16.7. The maximum Gasteiger partial charge on any atom is 0.511 e. The summed E-state index contributed by atoms with van der Waals surface area (Å²) in [6.07, 6.45) is 4.25. The van der Waals surface area contributed by atoms with Crippen molar-refractivity contribution >= 4 is 11.8 Å². The first-order chi connectivity index (χ1) is 11.6. The molecule has 2 rings (SSSR count). The second kappa shape index (κ2) is 8.07. The lowest BCUT2D eigenvalue weighted by atomic mass is 9.89. The lowest BCUT2D eigenvalue weighted by molar-refractivity contribution is 0.142. The number of carbonyl (C=O) groups is 1. The van der Waals surface area contributed by atoms with Crippen molar-refractivity contribution in [2.45, 2.75) is 32.1 Å². The third-order valence-electron chi connectivity index (χ3n) is 4.18. The summed E-state index contributed by atoms with van der Waals surface area (Å²) in [6, 6.07) is 5.32. The summed E-state index contributed by atoms with van der Waals surface area (Å²) in [6.45, 7) is 0.627. The summed E-state index contributed by atoms with van der Waals surface area (Å²) in [5.74, 6) is 0.314. The fourth-order valence-corrected chi connectivity index (χ4v) is 3.00. The number of rotatable bonds is 5. The van der Waals surface area contributed by atoms with Crippen LogP contribution in [0.4, 0.5) is 10.5 Å². The molecule has 0 heterocycles. The molecule has 0 unspecified atom stereocenters. The Balaban J connectivity index is 2.38. The molecule has 0 aliphatic heterocycles. The first-order valence-electron chi connectivity index (χ1n) is 7.80. The van der Waals surface area contributed by atoms with E-state index >= 15 is 0 Å². The van der Waals surface area contributed by atoms with E-state index in [4.69, 9.17) is 14.6 Å². The molecule has 7 nitrogen and oxygen atoms in total. The van der Waals surface area contributed by atoms with Crippen molar-refractivity contribution in [3.8, 4) is 23.6 Å². The molecule has 1 aliphatic rings. The van der Waals surface area contributed by atoms with Gasteiger partial charge in [-0.15, -0.1) is 0 Å². The van der Waals surface area contributed by atoms with E-state index in [1.165, 1.54) is 32.4 Å². The Bertz CT molecular complexity index is 697. The third kappa shape index (κ3) is 3.88. The molecule has 1 aromatic rings. The van der Waals surface area contributed by atoms with Gasteiger partial charge in [0, 0.05) is 12.6 Å². The molecular weight excluding hydrogens is 310 g/mol. The smallest absolute Gasteiger partial charge is 0.493 e. The van der Waals surface area contributed by atoms with Crippen molar-refractivity contribution in [1.29, 1.82) is 10.5 Å². The zero-order chi connectivity index (χ0) is 17.5. The minimum absolute atomic E-state index is 0.0358. The van der Waals surface area contributed by atoms with Crippen LogP contribution in [0, 0.1) is 28.6 Å². The van der Waals surface area contributed by atoms with Gasteiger partial charge < -0.3 is 19.9 Å². The lowest BCUT2D eigenvalue weighted by Gasteiger charge is -2.23. The van der Waals surface area contributed by atoms with E-state index in [1.54, 1.807) is 0 Å².